The Morgan fingerprint density at radius 3 is 2.67 bits per heavy atom. The molecule has 1 aromatic heterocycles. The molecule has 2 heteroatoms. The maximum absolute atomic E-state index is 5.70. The Hall–Kier alpha value is -1.05. The molecule has 0 amide bonds. The first kappa shape index (κ1) is 10.5. The lowest BCUT2D eigenvalue weighted by molar-refractivity contribution is 0.298. The van der Waals surface area contributed by atoms with Gasteiger partial charge in [0.15, 0.2) is 0 Å². The Bertz CT molecular complexity index is 337. The number of aromatic nitrogens is 1. The summed E-state index contributed by atoms with van der Waals surface area (Å²) in [7, 11) is 0. The molecule has 0 aliphatic heterocycles. The fourth-order valence-corrected chi connectivity index (χ4v) is 1.41. The third-order valence-corrected chi connectivity index (χ3v) is 2.76. The van der Waals surface area contributed by atoms with Gasteiger partial charge in [-0.05, 0) is 35.8 Å². The topological polar surface area (TPSA) is 22.1 Å². The van der Waals surface area contributed by atoms with Crippen molar-refractivity contribution in [1.82, 2.24) is 4.98 Å². The molecule has 0 atom stereocenters. The number of ether oxygens (including phenoxy) is 1. The van der Waals surface area contributed by atoms with Crippen molar-refractivity contribution in [1.29, 1.82) is 0 Å². The normalized spacial score (nSPS) is 16.5. The Balaban J connectivity index is 2.04. The van der Waals surface area contributed by atoms with Crippen LogP contribution in [0.4, 0.5) is 0 Å². The second kappa shape index (κ2) is 3.84. The third-order valence-electron chi connectivity index (χ3n) is 2.76. The third kappa shape index (κ3) is 2.95. The van der Waals surface area contributed by atoms with Crippen LogP contribution in [-0.2, 0) is 5.41 Å². The first-order valence-electron chi connectivity index (χ1n) is 5.64. The number of pyridine rings is 1. The molecule has 0 saturated heterocycles. The van der Waals surface area contributed by atoms with E-state index in [2.05, 4.69) is 31.8 Å². The van der Waals surface area contributed by atoms with Gasteiger partial charge in [-0.3, -0.25) is 4.98 Å². The molecular formula is C13H19NO. The number of nitrogens with zero attached hydrogens (tertiary/aromatic N) is 1. The van der Waals surface area contributed by atoms with Gasteiger partial charge in [0.2, 0.25) is 0 Å². The molecule has 1 heterocycles. The van der Waals surface area contributed by atoms with Gasteiger partial charge in [-0.25, -0.2) is 0 Å². The molecule has 1 fully saturated rings. The van der Waals surface area contributed by atoms with Gasteiger partial charge in [-0.15, -0.1) is 0 Å². The summed E-state index contributed by atoms with van der Waals surface area (Å²) in [6.07, 6.45) is 6.38. The predicted octanol–water partition coefficient (Wildman–Crippen LogP) is 3.17. The summed E-state index contributed by atoms with van der Waals surface area (Å²) < 4.78 is 5.70. The van der Waals surface area contributed by atoms with Crippen LogP contribution in [0.5, 0.6) is 5.75 Å². The Kier molecular flexibility index (Phi) is 2.68. The van der Waals surface area contributed by atoms with Crippen LogP contribution in [0.15, 0.2) is 18.5 Å². The minimum absolute atomic E-state index is 0.145. The van der Waals surface area contributed by atoms with Crippen LogP contribution in [0.2, 0.25) is 0 Å². The first-order valence-corrected chi connectivity index (χ1v) is 5.64. The van der Waals surface area contributed by atoms with Crippen molar-refractivity contribution in [3.63, 3.8) is 0 Å². The van der Waals surface area contributed by atoms with E-state index in [4.69, 9.17) is 4.74 Å². The van der Waals surface area contributed by atoms with Crippen LogP contribution in [0.3, 0.4) is 0 Å². The Morgan fingerprint density at radius 2 is 2.07 bits per heavy atom. The Morgan fingerprint density at radius 1 is 1.33 bits per heavy atom. The average molecular weight is 205 g/mol. The van der Waals surface area contributed by atoms with Gasteiger partial charge in [0.1, 0.15) is 5.75 Å². The van der Waals surface area contributed by atoms with E-state index in [1.165, 1.54) is 18.4 Å². The van der Waals surface area contributed by atoms with Crippen molar-refractivity contribution in [2.45, 2.75) is 39.0 Å². The second-order valence-corrected chi connectivity index (χ2v) is 5.41. The highest BCUT2D eigenvalue weighted by Crippen LogP contribution is 2.30. The summed E-state index contributed by atoms with van der Waals surface area (Å²) in [6, 6.07) is 2.11. The van der Waals surface area contributed by atoms with Crippen molar-refractivity contribution in [2.75, 3.05) is 6.61 Å². The predicted molar refractivity (Wildman–Crippen MR) is 61.2 cm³/mol. The standard InChI is InChI=1S/C13H19NO/c1-13(2,3)11-6-12(8-14-7-11)15-9-10-4-5-10/h6-8,10H,4-5,9H2,1-3H3. The van der Waals surface area contributed by atoms with E-state index in [-0.39, 0.29) is 5.41 Å². The first-order chi connectivity index (χ1) is 7.05. The van der Waals surface area contributed by atoms with Gasteiger partial charge in [0.25, 0.3) is 0 Å². The maximum Gasteiger partial charge on any atom is 0.137 e. The minimum Gasteiger partial charge on any atom is -0.492 e. The van der Waals surface area contributed by atoms with Crippen LogP contribution in [0.25, 0.3) is 0 Å². The average Bonchev–Trinajstić information content (AvgIpc) is 2.97. The fraction of sp³-hybridized carbons (Fsp3) is 0.615. The van der Waals surface area contributed by atoms with Gasteiger partial charge in [-0.1, -0.05) is 20.8 Å². The molecule has 2 rings (SSSR count). The molecule has 1 saturated carbocycles. The number of hydrogen-bond acceptors (Lipinski definition) is 2. The highest BCUT2D eigenvalue weighted by atomic mass is 16.5. The quantitative estimate of drug-likeness (QED) is 0.756. The van der Waals surface area contributed by atoms with Gasteiger partial charge in [0.05, 0.1) is 12.8 Å². The summed E-state index contributed by atoms with van der Waals surface area (Å²) in [5, 5.41) is 0. The van der Waals surface area contributed by atoms with Crippen LogP contribution in [0, 0.1) is 5.92 Å². The van der Waals surface area contributed by atoms with Crippen molar-refractivity contribution in [3.8, 4) is 5.75 Å². The lowest BCUT2D eigenvalue weighted by atomic mass is 9.88. The van der Waals surface area contributed by atoms with Crippen LogP contribution in [0.1, 0.15) is 39.2 Å². The molecule has 0 bridgehead atoms. The molecule has 0 N–H and O–H groups in total. The SMILES string of the molecule is CC(C)(C)c1cncc(OCC2CC2)c1. The molecule has 1 aliphatic rings. The second-order valence-electron chi connectivity index (χ2n) is 5.41. The molecule has 0 spiro atoms. The molecule has 0 unspecified atom stereocenters. The molecule has 1 aliphatic carbocycles. The van der Waals surface area contributed by atoms with Gasteiger partial charge < -0.3 is 4.74 Å². The summed E-state index contributed by atoms with van der Waals surface area (Å²) in [6.45, 7) is 7.42. The highest BCUT2D eigenvalue weighted by molar-refractivity contribution is 5.28. The van der Waals surface area contributed by atoms with E-state index in [0.29, 0.717) is 0 Å². The lowest BCUT2D eigenvalue weighted by Crippen LogP contribution is -2.11. The molecule has 0 aromatic carbocycles. The van der Waals surface area contributed by atoms with E-state index in [0.717, 1.165) is 18.3 Å². The highest BCUT2D eigenvalue weighted by Gasteiger charge is 2.22. The van der Waals surface area contributed by atoms with E-state index in [1.54, 1.807) is 6.20 Å². The van der Waals surface area contributed by atoms with E-state index < -0.39 is 0 Å². The van der Waals surface area contributed by atoms with E-state index in [9.17, 15) is 0 Å². The smallest absolute Gasteiger partial charge is 0.137 e. The van der Waals surface area contributed by atoms with Crippen molar-refractivity contribution >= 4 is 0 Å². The molecule has 0 radical (unpaired) electrons. The zero-order valence-electron chi connectivity index (χ0n) is 9.79. The van der Waals surface area contributed by atoms with Gasteiger partial charge >= 0.3 is 0 Å². The fourth-order valence-electron chi connectivity index (χ4n) is 1.41. The maximum atomic E-state index is 5.70. The van der Waals surface area contributed by atoms with Crippen molar-refractivity contribution < 1.29 is 4.74 Å². The van der Waals surface area contributed by atoms with Gasteiger partial charge in [-0.2, -0.15) is 0 Å². The molecular weight excluding hydrogens is 186 g/mol. The summed E-state index contributed by atoms with van der Waals surface area (Å²) in [5.41, 5.74) is 1.38. The van der Waals surface area contributed by atoms with Crippen molar-refractivity contribution in [2.24, 2.45) is 5.92 Å². The molecule has 2 nitrogen and oxygen atoms in total. The summed E-state index contributed by atoms with van der Waals surface area (Å²) in [5.74, 6) is 1.71. The monoisotopic (exact) mass is 205 g/mol. The van der Waals surface area contributed by atoms with Crippen LogP contribution >= 0.6 is 0 Å². The van der Waals surface area contributed by atoms with Crippen molar-refractivity contribution in [3.05, 3.63) is 24.0 Å². The lowest BCUT2D eigenvalue weighted by Gasteiger charge is -2.19. The van der Waals surface area contributed by atoms with Gasteiger partial charge in [0, 0.05) is 6.20 Å². The zero-order chi connectivity index (χ0) is 10.9. The minimum atomic E-state index is 0.145. The molecule has 82 valence electrons. The number of rotatable bonds is 3. The molecule has 15 heavy (non-hydrogen) atoms. The molecule has 1 aromatic rings. The zero-order valence-corrected chi connectivity index (χ0v) is 9.79. The van der Waals surface area contributed by atoms with Crippen LogP contribution in [-0.4, -0.2) is 11.6 Å². The largest absolute Gasteiger partial charge is 0.492 e. The van der Waals surface area contributed by atoms with Crippen LogP contribution < -0.4 is 4.74 Å². The summed E-state index contributed by atoms with van der Waals surface area (Å²) >= 11 is 0. The summed E-state index contributed by atoms with van der Waals surface area (Å²) in [4.78, 5) is 4.22. The Labute approximate surface area is 91.7 Å². The number of hydrogen-bond donors (Lipinski definition) is 0. The van der Waals surface area contributed by atoms with E-state index in [1.807, 2.05) is 6.20 Å². The van der Waals surface area contributed by atoms with E-state index >= 15 is 0 Å².